The van der Waals surface area contributed by atoms with Crippen molar-refractivity contribution >= 4 is 27.6 Å². The van der Waals surface area contributed by atoms with Crippen molar-refractivity contribution in [1.29, 1.82) is 0 Å². The summed E-state index contributed by atoms with van der Waals surface area (Å²) in [5, 5.41) is 2.72. The molecule has 0 saturated carbocycles. The van der Waals surface area contributed by atoms with Crippen molar-refractivity contribution < 1.29 is 14.3 Å². The van der Waals surface area contributed by atoms with Crippen LogP contribution in [0.25, 0.3) is 0 Å². The summed E-state index contributed by atoms with van der Waals surface area (Å²) in [7, 11) is 0. The van der Waals surface area contributed by atoms with Crippen LogP contribution in [0.3, 0.4) is 0 Å². The molecule has 0 unspecified atom stereocenters. The first-order valence-electron chi connectivity index (χ1n) is 6.42. The van der Waals surface area contributed by atoms with Gasteiger partial charge < -0.3 is 15.0 Å². The van der Waals surface area contributed by atoms with Crippen LogP contribution in [0.5, 0.6) is 5.75 Å². The maximum atomic E-state index is 11.8. The molecule has 1 aromatic carbocycles. The summed E-state index contributed by atoms with van der Waals surface area (Å²) in [6.07, 6.45) is 1.52. The Balaban J connectivity index is 1.77. The maximum absolute atomic E-state index is 11.8. The number of aromatic amines is 1. The molecule has 0 spiro atoms. The Bertz CT molecular complexity index is 652. The van der Waals surface area contributed by atoms with Crippen molar-refractivity contribution in [3.8, 4) is 5.75 Å². The molecule has 0 aliphatic rings. The lowest BCUT2D eigenvalue weighted by Gasteiger charge is -2.07. The van der Waals surface area contributed by atoms with Crippen molar-refractivity contribution in [2.75, 3.05) is 13.2 Å². The number of ether oxygens (including phenoxy) is 1. The van der Waals surface area contributed by atoms with Crippen LogP contribution in [-0.4, -0.2) is 29.8 Å². The molecule has 0 atom stereocenters. The molecule has 0 fully saturated rings. The van der Waals surface area contributed by atoms with Crippen LogP contribution in [0.15, 0.2) is 41.0 Å². The zero-order valence-corrected chi connectivity index (χ0v) is 13.1. The van der Waals surface area contributed by atoms with Crippen molar-refractivity contribution in [1.82, 2.24) is 10.3 Å². The van der Waals surface area contributed by atoms with E-state index in [0.29, 0.717) is 24.4 Å². The van der Waals surface area contributed by atoms with Crippen LogP contribution in [0.4, 0.5) is 0 Å². The second-order valence-corrected chi connectivity index (χ2v) is 5.34. The lowest BCUT2D eigenvalue weighted by Crippen LogP contribution is -2.28. The Morgan fingerprint density at radius 2 is 2.14 bits per heavy atom. The van der Waals surface area contributed by atoms with Crippen molar-refractivity contribution in [3.63, 3.8) is 0 Å². The normalized spacial score (nSPS) is 10.2. The number of amides is 1. The molecule has 5 nitrogen and oxygen atoms in total. The molecule has 2 N–H and O–H groups in total. The second kappa shape index (κ2) is 7.08. The largest absolute Gasteiger partial charge is 0.492 e. The van der Waals surface area contributed by atoms with Gasteiger partial charge in [0, 0.05) is 16.2 Å². The van der Waals surface area contributed by atoms with E-state index < -0.39 is 0 Å². The van der Waals surface area contributed by atoms with Gasteiger partial charge in [-0.15, -0.1) is 0 Å². The summed E-state index contributed by atoms with van der Waals surface area (Å²) >= 11 is 3.36. The van der Waals surface area contributed by atoms with Crippen LogP contribution in [0.1, 0.15) is 27.8 Å². The molecule has 0 aliphatic heterocycles. The van der Waals surface area contributed by atoms with Crippen molar-refractivity contribution in [2.45, 2.75) is 6.92 Å². The monoisotopic (exact) mass is 350 g/mol. The number of carbonyl (C=O) groups excluding carboxylic acids is 2. The van der Waals surface area contributed by atoms with E-state index in [9.17, 15) is 9.59 Å². The molecular weight excluding hydrogens is 336 g/mol. The number of hydrogen-bond donors (Lipinski definition) is 2. The number of carbonyl (C=O) groups is 2. The van der Waals surface area contributed by atoms with Gasteiger partial charge in [-0.2, -0.15) is 0 Å². The molecular formula is C15H15BrN2O3. The third-order valence-corrected chi connectivity index (χ3v) is 3.28. The van der Waals surface area contributed by atoms with Gasteiger partial charge in [-0.25, -0.2) is 0 Å². The van der Waals surface area contributed by atoms with E-state index in [2.05, 4.69) is 26.2 Å². The van der Waals surface area contributed by atoms with E-state index >= 15 is 0 Å². The number of rotatable bonds is 6. The first-order valence-corrected chi connectivity index (χ1v) is 7.21. The quantitative estimate of drug-likeness (QED) is 0.621. The molecule has 21 heavy (non-hydrogen) atoms. The fourth-order valence-electron chi connectivity index (χ4n) is 1.71. The van der Waals surface area contributed by atoms with E-state index in [-0.39, 0.29) is 11.7 Å². The molecule has 6 heteroatoms. The number of aromatic nitrogens is 1. The molecule has 0 radical (unpaired) electrons. The molecule has 0 saturated heterocycles. The predicted molar refractivity (Wildman–Crippen MR) is 82.8 cm³/mol. The molecule has 1 amide bonds. The minimum atomic E-state index is -0.264. The van der Waals surface area contributed by atoms with Gasteiger partial charge in [0.25, 0.3) is 5.91 Å². The summed E-state index contributed by atoms with van der Waals surface area (Å²) in [6, 6.07) is 9.02. The molecule has 1 aromatic heterocycles. The van der Waals surface area contributed by atoms with Crippen molar-refractivity contribution in [2.24, 2.45) is 0 Å². The Kier molecular flexibility index (Phi) is 5.16. The first-order chi connectivity index (χ1) is 10.1. The highest BCUT2D eigenvalue weighted by molar-refractivity contribution is 9.10. The lowest BCUT2D eigenvalue weighted by molar-refractivity contribution is 0.0942. The standard InChI is InChI=1S/C15H15BrN2O3/c1-10(19)11-7-14(18-9-11)15(20)17-5-6-21-13-4-2-3-12(16)8-13/h2-4,7-9,18H,5-6H2,1H3,(H,17,20). The minimum absolute atomic E-state index is 0.0803. The number of benzene rings is 1. The molecule has 2 rings (SSSR count). The number of Topliss-reactive ketones (excluding diaryl/α,β-unsaturated/α-hetero) is 1. The van der Waals surface area contributed by atoms with Crippen LogP contribution in [0, 0.1) is 0 Å². The second-order valence-electron chi connectivity index (χ2n) is 4.42. The fourth-order valence-corrected chi connectivity index (χ4v) is 2.09. The van der Waals surface area contributed by atoms with Crippen LogP contribution >= 0.6 is 15.9 Å². The van der Waals surface area contributed by atoms with Gasteiger partial charge in [-0.3, -0.25) is 9.59 Å². The third kappa shape index (κ3) is 4.46. The van der Waals surface area contributed by atoms with E-state index in [0.717, 1.165) is 10.2 Å². The zero-order chi connectivity index (χ0) is 15.2. The van der Waals surface area contributed by atoms with Crippen LogP contribution in [-0.2, 0) is 0 Å². The Morgan fingerprint density at radius 1 is 1.33 bits per heavy atom. The highest BCUT2D eigenvalue weighted by Crippen LogP contribution is 2.17. The number of nitrogens with one attached hydrogen (secondary N) is 2. The Morgan fingerprint density at radius 3 is 2.81 bits per heavy atom. The van der Waals surface area contributed by atoms with Gasteiger partial charge in [0.15, 0.2) is 5.78 Å². The van der Waals surface area contributed by atoms with E-state index in [1.54, 1.807) is 0 Å². The molecule has 110 valence electrons. The minimum Gasteiger partial charge on any atom is -0.492 e. The summed E-state index contributed by atoms with van der Waals surface area (Å²) in [5.41, 5.74) is 0.855. The first kappa shape index (κ1) is 15.3. The Hall–Kier alpha value is -2.08. The smallest absolute Gasteiger partial charge is 0.267 e. The highest BCUT2D eigenvalue weighted by Gasteiger charge is 2.09. The SMILES string of the molecule is CC(=O)c1c[nH]c(C(=O)NCCOc2cccc(Br)c2)c1. The highest BCUT2D eigenvalue weighted by atomic mass is 79.9. The number of ketones is 1. The van der Waals surface area contributed by atoms with Gasteiger partial charge in [-0.05, 0) is 31.2 Å². The average molecular weight is 351 g/mol. The van der Waals surface area contributed by atoms with E-state index in [1.807, 2.05) is 24.3 Å². The number of H-pyrrole nitrogens is 1. The van der Waals surface area contributed by atoms with E-state index in [4.69, 9.17) is 4.74 Å². The zero-order valence-electron chi connectivity index (χ0n) is 11.5. The molecule has 0 aliphatic carbocycles. The maximum Gasteiger partial charge on any atom is 0.267 e. The van der Waals surface area contributed by atoms with Gasteiger partial charge >= 0.3 is 0 Å². The van der Waals surface area contributed by atoms with Crippen LogP contribution in [0.2, 0.25) is 0 Å². The van der Waals surface area contributed by atoms with Gasteiger partial charge in [0.05, 0.1) is 6.54 Å². The van der Waals surface area contributed by atoms with Crippen molar-refractivity contribution in [3.05, 3.63) is 52.3 Å². The van der Waals surface area contributed by atoms with E-state index in [1.165, 1.54) is 19.2 Å². The molecule has 0 bridgehead atoms. The fraction of sp³-hybridized carbons (Fsp3) is 0.200. The molecule has 1 heterocycles. The molecule has 2 aromatic rings. The summed E-state index contributed by atoms with van der Waals surface area (Å²) in [4.78, 5) is 25.8. The summed E-state index contributed by atoms with van der Waals surface area (Å²) in [6.45, 7) is 2.19. The topological polar surface area (TPSA) is 71.2 Å². The number of halogens is 1. The Labute approximate surface area is 130 Å². The van der Waals surface area contributed by atoms with Gasteiger partial charge in [-0.1, -0.05) is 22.0 Å². The number of hydrogen-bond acceptors (Lipinski definition) is 3. The third-order valence-electron chi connectivity index (χ3n) is 2.79. The van der Waals surface area contributed by atoms with Gasteiger partial charge in [0.2, 0.25) is 0 Å². The summed E-state index contributed by atoms with van der Waals surface area (Å²) in [5.74, 6) is 0.390. The lowest BCUT2D eigenvalue weighted by atomic mass is 10.2. The van der Waals surface area contributed by atoms with Gasteiger partial charge in [0.1, 0.15) is 18.1 Å². The van der Waals surface area contributed by atoms with Crippen LogP contribution < -0.4 is 10.1 Å². The predicted octanol–water partition coefficient (Wildman–Crippen LogP) is 2.79. The average Bonchev–Trinajstić information content (AvgIpc) is 2.93. The summed E-state index contributed by atoms with van der Waals surface area (Å²) < 4.78 is 6.44.